The summed E-state index contributed by atoms with van der Waals surface area (Å²) in [6.07, 6.45) is 1.71. The molecular weight excluding hydrogens is 416 g/mol. The number of fused-ring (bicyclic) bond motifs is 1. The Labute approximate surface area is 176 Å². The van der Waals surface area contributed by atoms with Crippen LogP contribution in [0.5, 0.6) is 0 Å². The van der Waals surface area contributed by atoms with E-state index in [1.54, 1.807) is 6.20 Å². The van der Waals surface area contributed by atoms with E-state index in [0.717, 1.165) is 16.6 Å². The third kappa shape index (κ3) is 4.36. The summed E-state index contributed by atoms with van der Waals surface area (Å²) in [6, 6.07) is 7.26. The molecule has 1 unspecified atom stereocenters. The van der Waals surface area contributed by atoms with E-state index in [-0.39, 0.29) is 16.3 Å². The molecule has 0 fully saturated rings. The first-order valence-corrected chi connectivity index (χ1v) is 10.8. The molecule has 2 atom stereocenters. The van der Waals surface area contributed by atoms with E-state index in [9.17, 15) is 9.35 Å². The maximum Gasteiger partial charge on any atom is 0.276 e. The molecule has 9 heteroatoms. The predicted octanol–water partition coefficient (Wildman–Crippen LogP) is 4.20. The Morgan fingerprint density at radius 1 is 1.36 bits per heavy atom. The highest BCUT2D eigenvalue weighted by atomic mass is 35.5. The number of aromatic amines is 2. The molecule has 0 saturated heterocycles. The van der Waals surface area contributed by atoms with E-state index in [1.807, 2.05) is 56.5 Å². The molecule has 2 heterocycles. The second-order valence-electron chi connectivity index (χ2n) is 7.65. The van der Waals surface area contributed by atoms with Crippen LogP contribution in [-0.4, -0.2) is 23.8 Å². The molecule has 28 heavy (non-hydrogen) atoms. The van der Waals surface area contributed by atoms with Crippen molar-refractivity contribution < 1.29 is 4.55 Å². The molecule has 1 aromatic carbocycles. The maximum absolute atomic E-state index is 12.5. The zero-order chi connectivity index (χ0) is 20.6. The minimum atomic E-state index is -1.23. The second-order valence-corrected chi connectivity index (χ2v) is 10.5. The molecule has 0 aliphatic carbocycles. The highest BCUT2D eigenvalue weighted by Gasteiger charge is 2.29. The van der Waals surface area contributed by atoms with Crippen LogP contribution < -0.4 is 10.3 Å². The van der Waals surface area contributed by atoms with Gasteiger partial charge in [0.2, 0.25) is 0 Å². The molecule has 0 radical (unpaired) electrons. The zero-order valence-corrected chi connectivity index (χ0v) is 18.5. The Balaban J connectivity index is 2.02. The summed E-state index contributed by atoms with van der Waals surface area (Å²) >= 11 is 10.4. The third-order valence-electron chi connectivity index (χ3n) is 4.45. The summed E-state index contributed by atoms with van der Waals surface area (Å²) in [5.41, 5.74) is 2.87. The first-order valence-electron chi connectivity index (χ1n) is 8.84. The molecule has 2 aromatic heterocycles. The molecule has 0 spiro atoms. The fourth-order valence-electron chi connectivity index (χ4n) is 2.95. The molecular formula is C19H23ClN4O2S2. The Morgan fingerprint density at radius 2 is 2.07 bits per heavy atom. The smallest absolute Gasteiger partial charge is 0.276 e. The lowest BCUT2D eigenvalue weighted by Gasteiger charge is -2.27. The van der Waals surface area contributed by atoms with Crippen LogP contribution in [0.1, 0.15) is 44.9 Å². The molecule has 0 saturated carbocycles. The van der Waals surface area contributed by atoms with Gasteiger partial charge in [-0.2, -0.15) is 0 Å². The number of aromatic nitrogens is 3. The van der Waals surface area contributed by atoms with E-state index in [1.165, 1.54) is 0 Å². The minimum Gasteiger partial charge on any atom is -0.598 e. The zero-order valence-electron chi connectivity index (χ0n) is 16.1. The average Bonchev–Trinajstić information content (AvgIpc) is 3.08. The highest BCUT2D eigenvalue weighted by molar-refractivity contribution is 7.90. The summed E-state index contributed by atoms with van der Waals surface area (Å²) in [5.74, 6) is 0. The Hall–Kier alpha value is -1.58. The monoisotopic (exact) mass is 438 g/mol. The number of nitrogens with zero attached hydrogens (tertiary/aromatic N) is 1. The Morgan fingerprint density at radius 3 is 2.75 bits per heavy atom. The van der Waals surface area contributed by atoms with Crippen LogP contribution >= 0.6 is 23.8 Å². The van der Waals surface area contributed by atoms with Gasteiger partial charge in [0.1, 0.15) is 10.3 Å². The largest absolute Gasteiger partial charge is 0.598 e. The lowest BCUT2D eigenvalue weighted by Crippen LogP contribution is -2.40. The van der Waals surface area contributed by atoms with Crippen LogP contribution in [0.15, 0.2) is 35.3 Å². The van der Waals surface area contributed by atoms with E-state index in [0.29, 0.717) is 21.9 Å². The average molecular weight is 439 g/mol. The number of H-pyrrole nitrogens is 2. The summed E-state index contributed by atoms with van der Waals surface area (Å²) in [6.45, 7) is 8.17. The van der Waals surface area contributed by atoms with Gasteiger partial charge >= 0.3 is 0 Å². The second kappa shape index (κ2) is 8.04. The molecule has 3 N–H and O–H groups in total. The molecule has 6 nitrogen and oxygen atoms in total. The normalized spacial score (nSPS) is 14.4. The van der Waals surface area contributed by atoms with Gasteiger partial charge < -0.3 is 14.1 Å². The van der Waals surface area contributed by atoms with Gasteiger partial charge in [0.05, 0.1) is 18.1 Å². The van der Waals surface area contributed by atoms with Crippen LogP contribution in [0.3, 0.4) is 0 Å². The van der Waals surface area contributed by atoms with Crippen LogP contribution in [-0.2, 0) is 17.9 Å². The van der Waals surface area contributed by atoms with Crippen molar-refractivity contribution in [2.45, 2.75) is 45.0 Å². The number of hydrogen-bond donors (Lipinski definition) is 3. The van der Waals surface area contributed by atoms with Crippen molar-refractivity contribution in [2.24, 2.45) is 0 Å². The first kappa shape index (κ1) is 21.1. The number of hydrogen-bond acceptors (Lipinski definition) is 4. The maximum atomic E-state index is 12.5. The van der Waals surface area contributed by atoms with Gasteiger partial charge in [0.15, 0.2) is 4.77 Å². The molecule has 0 aliphatic heterocycles. The van der Waals surface area contributed by atoms with Gasteiger partial charge in [-0.25, -0.2) is 0 Å². The lowest BCUT2D eigenvalue weighted by atomic mass is 10.0. The fourth-order valence-corrected chi connectivity index (χ4v) is 4.18. The molecule has 0 bridgehead atoms. The topological polar surface area (TPSA) is 88.7 Å². The van der Waals surface area contributed by atoms with Gasteiger partial charge in [-0.3, -0.25) is 9.78 Å². The molecule has 3 rings (SSSR count). The van der Waals surface area contributed by atoms with Gasteiger partial charge in [0, 0.05) is 22.6 Å². The quantitative estimate of drug-likeness (QED) is 0.411. The van der Waals surface area contributed by atoms with Crippen LogP contribution in [0.2, 0.25) is 5.02 Å². The standard InChI is InChI=1S/C19H23ClN4O2S2/c1-11(23-28(26)19(2,3)4)14-9-13(20)6-5-12(14)10-24-15-7-8-21-16(15)17(25)22-18(24)27/h5-9,11,21,23H,10H2,1-4H3,(H,22,25,27)/t11-,28?/m1/s1. The highest BCUT2D eigenvalue weighted by Crippen LogP contribution is 2.26. The summed E-state index contributed by atoms with van der Waals surface area (Å²) in [4.78, 5) is 17.7. The van der Waals surface area contributed by atoms with E-state index in [4.69, 9.17) is 23.8 Å². The predicted molar refractivity (Wildman–Crippen MR) is 118 cm³/mol. The van der Waals surface area contributed by atoms with Crippen molar-refractivity contribution in [1.29, 1.82) is 0 Å². The van der Waals surface area contributed by atoms with Gasteiger partial charge in [-0.1, -0.05) is 17.7 Å². The van der Waals surface area contributed by atoms with Gasteiger partial charge in [0.25, 0.3) is 5.56 Å². The minimum absolute atomic E-state index is 0.188. The first-order chi connectivity index (χ1) is 13.1. The fraction of sp³-hybridized carbons (Fsp3) is 0.368. The van der Waals surface area contributed by atoms with Crippen molar-refractivity contribution in [2.75, 3.05) is 0 Å². The van der Waals surface area contributed by atoms with Crippen LogP contribution in [0.25, 0.3) is 11.0 Å². The summed E-state index contributed by atoms with van der Waals surface area (Å²) < 4.78 is 17.5. The van der Waals surface area contributed by atoms with Crippen molar-refractivity contribution >= 4 is 46.2 Å². The number of nitrogens with one attached hydrogen (secondary N) is 3. The van der Waals surface area contributed by atoms with E-state index in [2.05, 4.69) is 14.7 Å². The molecule has 0 amide bonds. The summed E-state index contributed by atoms with van der Waals surface area (Å²) in [7, 11) is 0. The summed E-state index contributed by atoms with van der Waals surface area (Å²) in [5, 5.41) is 0.603. The third-order valence-corrected chi connectivity index (χ3v) is 6.69. The van der Waals surface area contributed by atoms with Crippen molar-refractivity contribution in [3.8, 4) is 0 Å². The van der Waals surface area contributed by atoms with Crippen LogP contribution in [0, 0.1) is 4.77 Å². The van der Waals surface area contributed by atoms with Crippen molar-refractivity contribution in [3.05, 3.63) is 61.7 Å². The van der Waals surface area contributed by atoms with Crippen molar-refractivity contribution in [1.82, 2.24) is 19.3 Å². The van der Waals surface area contributed by atoms with Gasteiger partial charge in [-0.05, 0) is 69.2 Å². The molecule has 0 aliphatic rings. The number of halogens is 1. The van der Waals surface area contributed by atoms with Crippen molar-refractivity contribution in [3.63, 3.8) is 0 Å². The Bertz CT molecular complexity index is 1110. The molecule has 150 valence electrons. The van der Waals surface area contributed by atoms with Gasteiger partial charge in [-0.15, -0.1) is 4.72 Å². The lowest BCUT2D eigenvalue weighted by molar-refractivity contribution is 0.530. The number of benzene rings is 1. The van der Waals surface area contributed by atoms with E-state index < -0.39 is 11.4 Å². The molecule has 3 aromatic rings. The van der Waals surface area contributed by atoms with Crippen LogP contribution in [0.4, 0.5) is 0 Å². The Kier molecular flexibility index (Phi) is 6.07. The SMILES string of the molecule is C[C@@H](N[S+]([O-])C(C)(C)C)c1cc(Cl)ccc1Cn1c(=S)[nH]c(=O)c2[nH]ccc21. The van der Waals surface area contributed by atoms with E-state index >= 15 is 0 Å². The number of rotatable bonds is 5.